The molecule has 4 aliphatic carbocycles. The summed E-state index contributed by atoms with van der Waals surface area (Å²) in [6.45, 7) is 7.83. The van der Waals surface area contributed by atoms with Gasteiger partial charge in [0.15, 0.2) is 5.60 Å². The van der Waals surface area contributed by atoms with E-state index in [0.717, 1.165) is 39.0 Å². The van der Waals surface area contributed by atoms with Crippen LogP contribution in [0.1, 0.15) is 98.3 Å². The van der Waals surface area contributed by atoms with Gasteiger partial charge in [0.1, 0.15) is 5.78 Å². The Morgan fingerprint density at radius 3 is 2.50 bits per heavy atom. The minimum atomic E-state index is -4.57. The SMILES string of the molecule is C[C@H](CCC(C)(O)C(F)(F)F)[C@H]1CC[C@H]2[C@@H]3CC=C4CCC(=O)CC[C@]4(C)[C@H]3CC[C@]12C. The van der Waals surface area contributed by atoms with E-state index < -0.39 is 11.8 Å². The molecule has 4 rings (SSSR count). The Balaban J connectivity index is 1.49. The molecule has 3 fully saturated rings. The molecule has 0 bridgehead atoms. The van der Waals surface area contributed by atoms with Crippen LogP contribution in [0, 0.1) is 40.4 Å². The smallest absolute Gasteiger partial charge is 0.381 e. The maximum Gasteiger partial charge on any atom is 0.416 e. The summed E-state index contributed by atoms with van der Waals surface area (Å²) in [5.74, 6) is 2.88. The first-order valence-corrected chi connectivity index (χ1v) is 12.8. The quantitative estimate of drug-likeness (QED) is 0.454. The maximum atomic E-state index is 13.1. The number of hydrogen-bond donors (Lipinski definition) is 1. The number of fused-ring (bicyclic) bond motifs is 5. The Kier molecular flexibility index (Phi) is 6.17. The van der Waals surface area contributed by atoms with Crippen molar-refractivity contribution in [2.24, 2.45) is 40.4 Å². The lowest BCUT2D eigenvalue weighted by atomic mass is 9.48. The fraction of sp³-hybridized carbons (Fsp3) is 0.889. The van der Waals surface area contributed by atoms with Gasteiger partial charge in [0, 0.05) is 12.8 Å². The first kappa shape index (κ1) is 24.3. The number of halogens is 3. The van der Waals surface area contributed by atoms with Crippen LogP contribution in [0.4, 0.5) is 13.2 Å². The Hall–Kier alpha value is -0.840. The van der Waals surface area contributed by atoms with Crippen molar-refractivity contribution in [3.8, 4) is 0 Å². The molecular formula is C27H41F3O2. The number of ketones is 1. The van der Waals surface area contributed by atoms with Gasteiger partial charge < -0.3 is 5.11 Å². The van der Waals surface area contributed by atoms with Crippen LogP contribution in [-0.2, 0) is 4.79 Å². The van der Waals surface area contributed by atoms with Crippen LogP contribution >= 0.6 is 0 Å². The van der Waals surface area contributed by atoms with Gasteiger partial charge in [0.25, 0.3) is 0 Å². The molecule has 0 amide bonds. The summed E-state index contributed by atoms with van der Waals surface area (Å²) < 4.78 is 39.4. The van der Waals surface area contributed by atoms with E-state index in [0.29, 0.717) is 48.7 Å². The molecule has 0 heterocycles. The van der Waals surface area contributed by atoms with Crippen molar-refractivity contribution in [1.82, 2.24) is 0 Å². The van der Waals surface area contributed by atoms with Gasteiger partial charge in [-0.2, -0.15) is 13.2 Å². The molecule has 0 spiro atoms. The molecule has 0 radical (unpaired) electrons. The second-order valence-electron chi connectivity index (χ2n) is 12.3. The fourth-order valence-electron chi connectivity index (χ4n) is 8.52. The number of alkyl halides is 3. The van der Waals surface area contributed by atoms with Crippen molar-refractivity contribution in [3.05, 3.63) is 11.6 Å². The van der Waals surface area contributed by atoms with Crippen LogP contribution in [0.25, 0.3) is 0 Å². The van der Waals surface area contributed by atoms with Crippen LogP contribution in [0.3, 0.4) is 0 Å². The first-order valence-electron chi connectivity index (χ1n) is 12.8. The highest BCUT2D eigenvalue weighted by Crippen LogP contribution is 2.67. The van der Waals surface area contributed by atoms with Crippen molar-refractivity contribution in [2.75, 3.05) is 0 Å². The van der Waals surface area contributed by atoms with Crippen LogP contribution in [0.15, 0.2) is 11.6 Å². The molecule has 8 atom stereocenters. The lowest BCUT2D eigenvalue weighted by molar-refractivity contribution is -0.256. The van der Waals surface area contributed by atoms with Crippen molar-refractivity contribution in [1.29, 1.82) is 0 Å². The van der Waals surface area contributed by atoms with Gasteiger partial charge in [-0.3, -0.25) is 4.79 Å². The fourth-order valence-corrected chi connectivity index (χ4v) is 8.52. The van der Waals surface area contributed by atoms with Crippen LogP contribution in [-0.4, -0.2) is 22.7 Å². The van der Waals surface area contributed by atoms with Crippen LogP contribution in [0.2, 0.25) is 0 Å². The number of aliphatic hydroxyl groups is 1. The van der Waals surface area contributed by atoms with E-state index >= 15 is 0 Å². The van der Waals surface area contributed by atoms with Crippen molar-refractivity contribution >= 4 is 5.78 Å². The molecule has 0 aromatic heterocycles. The third-order valence-electron chi connectivity index (χ3n) is 10.7. The van der Waals surface area contributed by atoms with Crippen molar-refractivity contribution in [3.63, 3.8) is 0 Å². The molecule has 32 heavy (non-hydrogen) atoms. The molecule has 0 aliphatic heterocycles. The molecule has 182 valence electrons. The predicted molar refractivity (Wildman–Crippen MR) is 120 cm³/mol. The third-order valence-corrected chi connectivity index (χ3v) is 10.7. The number of hydrogen-bond acceptors (Lipinski definition) is 2. The van der Waals surface area contributed by atoms with E-state index in [9.17, 15) is 23.1 Å². The van der Waals surface area contributed by atoms with E-state index in [-0.39, 0.29) is 23.2 Å². The predicted octanol–water partition coefficient (Wildman–Crippen LogP) is 7.25. The lowest BCUT2D eigenvalue weighted by Crippen LogP contribution is -2.49. The first-order chi connectivity index (χ1) is 14.8. The Labute approximate surface area is 191 Å². The summed E-state index contributed by atoms with van der Waals surface area (Å²) >= 11 is 0. The third kappa shape index (κ3) is 3.88. The standard InChI is InChI=1S/C27H41F3O2/c1-17(11-16-26(4,32)27(28,29)30)21-9-10-22-20-8-6-18-5-7-19(31)12-14-24(18,2)23(20)13-15-25(21,22)3/h6,17,20-23,32H,5,7-16H2,1-4H3/t17-,20+,21-,22+,23+,24+,25-,26?/m1/s1. The zero-order valence-corrected chi connectivity index (χ0v) is 20.2. The van der Waals surface area contributed by atoms with Gasteiger partial charge in [-0.15, -0.1) is 0 Å². The Bertz CT molecular complexity index is 769. The highest BCUT2D eigenvalue weighted by Gasteiger charge is 2.59. The summed E-state index contributed by atoms with van der Waals surface area (Å²) in [6, 6.07) is 0. The van der Waals surface area contributed by atoms with Crippen molar-refractivity contribution in [2.45, 2.75) is 110 Å². The van der Waals surface area contributed by atoms with Crippen LogP contribution in [0.5, 0.6) is 0 Å². The minimum absolute atomic E-state index is 0.144. The summed E-state index contributed by atoms with van der Waals surface area (Å²) in [6.07, 6.45) is 7.06. The summed E-state index contributed by atoms with van der Waals surface area (Å²) in [4.78, 5) is 12.2. The molecule has 0 aromatic rings. The van der Waals surface area contributed by atoms with Crippen LogP contribution < -0.4 is 0 Å². The van der Waals surface area contributed by atoms with Gasteiger partial charge in [-0.25, -0.2) is 0 Å². The van der Waals surface area contributed by atoms with E-state index in [1.54, 1.807) is 0 Å². The van der Waals surface area contributed by atoms with E-state index in [4.69, 9.17) is 0 Å². The molecule has 0 aromatic carbocycles. The minimum Gasteiger partial charge on any atom is -0.381 e. The summed E-state index contributed by atoms with van der Waals surface area (Å²) in [5.41, 5.74) is -0.766. The van der Waals surface area contributed by atoms with E-state index in [1.807, 2.05) is 0 Å². The zero-order chi connectivity index (χ0) is 23.5. The largest absolute Gasteiger partial charge is 0.416 e. The van der Waals surface area contributed by atoms with Gasteiger partial charge in [0.05, 0.1) is 0 Å². The average molecular weight is 455 g/mol. The molecule has 1 N–H and O–H groups in total. The normalized spacial score (nSPS) is 42.8. The van der Waals surface area contributed by atoms with E-state index in [1.165, 1.54) is 18.4 Å². The number of rotatable bonds is 4. The zero-order valence-electron chi connectivity index (χ0n) is 20.2. The molecule has 3 saturated carbocycles. The van der Waals surface area contributed by atoms with Gasteiger partial charge in [0.2, 0.25) is 0 Å². The highest BCUT2D eigenvalue weighted by molar-refractivity contribution is 5.79. The molecule has 0 saturated heterocycles. The second kappa shape index (κ2) is 8.13. The molecule has 2 nitrogen and oxygen atoms in total. The number of Topliss-reactive ketones (excluding diaryl/α,β-unsaturated/α-hetero) is 1. The maximum absolute atomic E-state index is 13.1. The summed E-state index contributed by atoms with van der Waals surface area (Å²) in [5, 5.41) is 9.92. The Morgan fingerprint density at radius 2 is 1.81 bits per heavy atom. The second-order valence-corrected chi connectivity index (χ2v) is 12.3. The molecule has 4 aliphatic rings. The number of carbonyl (C=O) groups is 1. The van der Waals surface area contributed by atoms with Gasteiger partial charge in [-0.1, -0.05) is 32.4 Å². The Morgan fingerprint density at radius 1 is 1.09 bits per heavy atom. The summed E-state index contributed by atoms with van der Waals surface area (Å²) in [7, 11) is 0. The topological polar surface area (TPSA) is 37.3 Å². The van der Waals surface area contributed by atoms with Gasteiger partial charge in [-0.05, 0) is 105 Å². The number of allylic oxidation sites excluding steroid dienone is 2. The van der Waals surface area contributed by atoms with Crippen molar-refractivity contribution < 1.29 is 23.1 Å². The van der Waals surface area contributed by atoms with Gasteiger partial charge >= 0.3 is 6.18 Å². The highest BCUT2D eigenvalue weighted by atomic mass is 19.4. The lowest BCUT2D eigenvalue weighted by Gasteiger charge is -2.57. The molecule has 5 heteroatoms. The molecule has 1 unspecified atom stereocenters. The molecular weight excluding hydrogens is 413 g/mol. The monoisotopic (exact) mass is 454 g/mol. The number of carbonyl (C=O) groups excluding carboxylic acids is 1. The van der Waals surface area contributed by atoms with E-state index in [2.05, 4.69) is 26.8 Å². The average Bonchev–Trinajstić information content (AvgIpc) is 2.98.